The molecular weight excluding hydrogens is 358 g/mol. The van der Waals surface area contributed by atoms with Gasteiger partial charge in [0.1, 0.15) is 11.6 Å². The summed E-state index contributed by atoms with van der Waals surface area (Å²) in [7, 11) is 0. The fourth-order valence-electron chi connectivity index (χ4n) is 2.97. The molecule has 28 heavy (non-hydrogen) atoms. The maximum absolute atomic E-state index is 12.2. The molecule has 2 heterocycles. The molecule has 0 bridgehead atoms. The molecule has 0 radical (unpaired) electrons. The maximum Gasteiger partial charge on any atom is 0.279 e. The Hall–Kier alpha value is -3.94. The largest absolute Gasteiger partial charge is 0.493 e. The predicted molar refractivity (Wildman–Crippen MR) is 105 cm³/mol. The van der Waals surface area contributed by atoms with Crippen LogP contribution >= 0.6 is 0 Å². The lowest BCUT2D eigenvalue weighted by molar-refractivity contribution is 0.100. The average Bonchev–Trinajstić information content (AvgIpc) is 3.17. The number of nitrogens with two attached hydrogens (primary N) is 1. The number of hydrogen-bond donors (Lipinski definition) is 3. The minimum absolute atomic E-state index is 0.257. The quantitative estimate of drug-likeness (QED) is 0.494. The van der Waals surface area contributed by atoms with Crippen molar-refractivity contribution < 1.29 is 9.53 Å². The number of aromatic nitrogens is 4. The average molecular weight is 375 g/mol. The van der Waals surface area contributed by atoms with Gasteiger partial charge in [-0.05, 0) is 42.3 Å². The van der Waals surface area contributed by atoms with E-state index in [9.17, 15) is 9.59 Å². The summed E-state index contributed by atoms with van der Waals surface area (Å²) in [5.41, 5.74) is 8.54. The molecule has 1 amide bonds. The molecule has 2 aromatic heterocycles. The third-order valence-corrected chi connectivity index (χ3v) is 4.33. The lowest BCUT2D eigenvalue weighted by Gasteiger charge is -2.12. The van der Waals surface area contributed by atoms with Crippen LogP contribution in [0.2, 0.25) is 0 Å². The monoisotopic (exact) mass is 375 g/mol. The molecule has 8 nitrogen and oxygen atoms in total. The molecule has 8 heteroatoms. The van der Waals surface area contributed by atoms with Crippen molar-refractivity contribution in [3.05, 3.63) is 64.7 Å². The number of fused-ring (bicyclic) bond motifs is 1. The summed E-state index contributed by atoms with van der Waals surface area (Å²) in [5.74, 6) is 0.503. The van der Waals surface area contributed by atoms with Crippen LogP contribution in [0.1, 0.15) is 17.3 Å². The van der Waals surface area contributed by atoms with Crippen LogP contribution in [0.4, 0.5) is 0 Å². The van der Waals surface area contributed by atoms with E-state index >= 15 is 0 Å². The van der Waals surface area contributed by atoms with Crippen LogP contribution < -0.4 is 16.0 Å². The van der Waals surface area contributed by atoms with E-state index in [1.54, 1.807) is 12.1 Å². The van der Waals surface area contributed by atoms with E-state index in [4.69, 9.17) is 10.5 Å². The Morgan fingerprint density at radius 2 is 1.89 bits per heavy atom. The van der Waals surface area contributed by atoms with Gasteiger partial charge in [-0.2, -0.15) is 0 Å². The first-order valence-electron chi connectivity index (χ1n) is 8.67. The lowest BCUT2D eigenvalue weighted by atomic mass is 10.0. The van der Waals surface area contributed by atoms with Crippen LogP contribution in [0.25, 0.3) is 33.7 Å². The summed E-state index contributed by atoms with van der Waals surface area (Å²) in [6.07, 6.45) is 1.43. The fourth-order valence-corrected chi connectivity index (χ4v) is 2.97. The van der Waals surface area contributed by atoms with Gasteiger partial charge in [0.05, 0.1) is 18.5 Å². The molecule has 2 aromatic carbocycles. The van der Waals surface area contributed by atoms with E-state index in [1.807, 2.05) is 37.3 Å². The molecule has 0 saturated heterocycles. The van der Waals surface area contributed by atoms with E-state index in [0.29, 0.717) is 35.0 Å². The third-order valence-electron chi connectivity index (χ3n) is 4.33. The van der Waals surface area contributed by atoms with E-state index in [-0.39, 0.29) is 11.1 Å². The molecule has 0 fully saturated rings. The summed E-state index contributed by atoms with van der Waals surface area (Å²) in [6.45, 7) is 2.33. The second kappa shape index (κ2) is 6.99. The third kappa shape index (κ3) is 3.11. The zero-order chi connectivity index (χ0) is 19.7. The topological polar surface area (TPSA) is 127 Å². The number of carbonyl (C=O) groups excluding carboxylic acids is 1. The van der Waals surface area contributed by atoms with E-state index in [0.717, 1.165) is 11.1 Å². The number of H-pyrrole nitrogens is 2. The summed E-state index contributed by atoms with van der Waals surface area (Å²) in [5, 5.41) is 0. The lowest BCUT2D eigenvalue weighted by Crippen LogP contribution is -2.10. The van der Waals surface area contributed by atoms with Crippen molar-refractivity contribution in [3.8, 4) is 28.3 Å². The smallest absolute Gasteiger partial charge is 0.279 e. The maximum atomic E-state index is 12.2. The second-order valence-electron chi connectivity index (χ2n) is 6.10. The van der Waals surface area contributed by atoms with Gasteiger partial charge in [-0.15, -0.1) is 0 Å². The number of hydrogen-bond acceptors (Lipinski definition) is 5. The van der Waals surface area contributed by atoms with Crippen LogP contribution in [0.15, 0.2) is 53.6 Å². The van der Waals surface area contributed by atoms with Crippen molar-refractivity contribution in [2.75, 3.05) is 6.61 Å². The van der Waals surface area contributed by atoms with Crippen molar-refractivity contribution in [3.63, 3.8) is 0 Å². The number of ether oxygens (including phenoxy) is 1. The summed E-state index contributed by atoms with van der Waals surface area (Å²) >= 11 is 0. The highest BCUT2D eigenvalue weighted by Gasteiger charge is 2.14. The van der Waals surface area contributed by atoms with Crippen LogP contribution in [-0.4, -0.2) is 32.4 Å². The molecule has 0 aliphatic rings. The number of nitrogens with zero attached hydrogens (tertiary/aromatic N) is 2. The first-order valence-corrected chi connectivity index (χ1v) is 8.67. The summed E-state index contributed by atoms with van der Waals surface area (Å²) in [4.78, 5) is 37.5. The van der Waals surface area contributed by atoms with Gasteiger partial charge in [0.25, 0.3) is 5.56 Å². The Labute approximate surface area is 159 Å². The number of aromatic amines is 2. The number of imidazole rings is 1. The van der Waals surface area contributed by atoms with Gasteiger partial charge in [-0.25, -0.2) is 9.97 Å². The minimum atomic E-state index is -0.471. The molecule has 0 aliphatic heterocycles. The Balaban J connectivity index is 1.80. The molecule has 4 N–H and O–H groups in total. The number of primary amides is 1. The molecule has 4 aromatic rings. The van der Waals surface area contributed by atoms with Crippen molar-refractivity contribution in [1.29, 1.82) is 0 Å². The molecule has 0 spiro atoms. The van der Waals surface area contributed by atoms with E-state index < -0.39 is 5.91 Å². The molecule has 0 aliphatic carbocycles. The van der Waals surface area contributed by atoms with E-state index in [1.165, 1.54) is 6.33 Å². The normalized spacial score (nSPS) is 10.9. The van der Waals surface area contributed by atoms with Crippen LogP contribution in [-0.2, 0) is 0 Å². The van der Waals surface area contributed by atoms with Crippen LogP contribution in [0.3, 0.4) is 0 Å². The highest BCUT2D eigenvalue weighted by Crippen LogP contribution is 2.33. The SMILES string of the molecule is CCOc1cc(-c2ccc(C(N)=O)cc2)ccc1-c1nc2[nH]cnc2c(=O)[nH]1. The number of rotatable bonds is 5. The predicted octanol–water partition coefficient (Wildman–Crippen LogP) is 2.48. The fraction of sp³-hybridized carbons (Fsp3) is 0.100. The van der Waals surface area contributed by atoms with Gasteiger partial charge >= 0.3 is 0 Å². The van der Waals surface area contributed by atoms with Crippen molar-refractivity contribution in [2.24, 2.45) is 5.73 Å². The van der Waals surface area contributed by atoms with Crippen molar-refractivity contribution >= 4 is 17.1 Å². The molecule has 140 valence electrons. The molecule has 0 atom stereocenters. The molecular formula is C20H17N5O3. The van der Waals surface area contributed by atoms with Gasteiger partial charge in [-0.1, -0.05) is 18.2 Å². The molecule has 0 saturated carbocycles. The highest BCUT2D eigenvalue weighted by atomic mass is 16.5. The van der Waals surface area contributed by atoms with Crippen LogP contribution in [0.5, 0.6) is 5.75 Å². The minimum Gasteiger partial charge on any atom is -0.493 e. The van der Waals surface area contributed by atoms with Gasteiger partial charge < -0.3 is 20.4 Å². The van der Waals surface area contributed by atoms with Gasteiger partial charge in [0.15, 0.2) is 11.2 Å². The molecule has 0 unspecified atom stereocenters. The Morgan fingerprint density at radius 1 is 1.14 bits per heavy atom. The van der Waals surface area contributed by atoms with Crippen molar-refractivity contribution in [1.82, 2.24) is 19.9 Å². The van der Waals surface area contributed by atoms with Gasteiger partial charge in [-0.3, -0.25) is 9.59 Å². The van der Waals surface area contributed by atoms with Crippen LogP contribution in [0, 0.1) is 0 Å². The Kier molecular flexibility index (Phi) is 4.36. The van der Waals surface area contributed by atoms with Gasteiger partial charge in [0.2, 0.25) is 5.91 Å². The number of carbonyl (C=O) groups is 1. The Morgan fingerprint density at radius 3 is 2.61 bits per heavy atom. The number of nitrogens with one attached hydrogen (secondary N) is 2. The van der Waals surface area contributed by atoms with E-state index in [2.05, 4.69) is 19.9 Å². The summed E-state index contributed by atoms with van der Waals surface area (Å²) in [6, 6.07) is 12.6. The first kappa shape index (κ1) is 17.5. The number of benzene rings is 2. The summed E-state index contributed by atoms with van der Waals surface area (Å²) < 4.78 is 5.79. The zero-order valence-electron chi connectivity index (χ0n) is 15.0. The highest BCUT2D eigenvalue weighted by molar-refractivity contribution is 5.93. The van der Waals surface area contributed by atoms with Gasteiger partial charge in [0, 0.05) is 5.56 Å². The standard InChI is InChI=1S/C20H17N5O3/c1-2-28-15-9-13(11-3-5-12(6-4-11)17(21)26)7-8-14(15)18-24-19-16(20(27)25-18)22-10-23-19/h3-10H,2H2,1H3,(H2,21,26)(H2,22,23,24,25,27). The van der Waals surface area contributed by atoms with Crippen molar-refractivity contribution in [2.45, 2.75) is 6.92 Å². The molecule has 4 rings (SSSR count). The Bertz CT molecular complexity index is 1220. The first-order chi connectivity index (χ1) is 13.6. The number of amides is 1. The zero-order valence-corrected chi connectivity index (χ0v) is 15.0. The second-order valence-corrected chi connectivity index (χ2v) is 6.10.